The molecule has 0 aromatic rings. The summed E-state index contributed by atoms with van der Waals surface area (Å²) in [5, 5.41) is 11.9. The third-order valence-electron chi connectivity index (χ3n) is 1.82. The fraction of sp³-hybridized carbons (Fsp3) is 1.00. The van der Waals surface area contributed by atoms with Crippen molar-refractivity contribution in [1.29, 1.82) is 0 Å². The van der Waals surface area contributed by atoms with E-state index in [-0.39, 0.29) is 12.7 Å². The van der Waals surface area contributed by atoms with Crippen molar-refractivity contribution in [3.8, 4) is 0 Å². The Hall–Kier alpha value is -0.120. The monoisotopic (exact) mass is 131 g/mol. The van der Waals surface area contributed by atoms with E-state index in [4.69, 9.17) is 9.84 Å². The largest absolute Gasteiger partial charge is 0.396 e. The van der Waals surface area contributed by atoms with Gasteiger partial charge in [-0.25, -0.2) is 0 Å². The van der Waals surface area contributed by atoms with Gasteiger partial charge in [-0.05, 0) is 0 Å². The summed E-state index contributed by atoms with van der Waals surface area (Å²) in [5.41, 5.74) is 0. The lowest BCUT2D eigenvalue weighted by molar-refractivity contribution is 0.0576. The Morgan fingerprint density at radius 3 is 2.89 bits per heavy atom. The van der Waals surface area contributed by atoms with E-state index in [1.54, 1.807) is 7.11 Å². The standard InChI is InChI=1S/C6H13NO2/c1-9-6-3-7-2-5(6)4-8/h5-8H,2-4H2,1H3/t5-,6+/m0/s1. The molecule has 2 atom stereocenters. The Kier molecular flexibility index (Phi) is 2.45. The van der Waals surface area contributed by atoms with Crippen LogP contribution in [0.4, 0.5) is 0 Å². The maximum Gasteiger partial charge on any atom is 0.0757 e. The summed E-state index contributed by atoms with van der Waals surface area (Å²) in [4.78, 5) is 0. The SMILES string of the molecule is CO[C@@H]1CNC[C@H]1CO. The highest BCUT2D eigenvalue weighted by Gasteiger charge is 2.25. The molecule has 54 valence electrons. The van der Waals surface area contributed by atoms with E-state index in [1.807, 2.05) is 0 Å². The van der Waals surface area contributed by atoms with Crippen LogP contribution in [0.5, 0.6) is 0 Å². The lowest BCUT2D eigenvalue weighted by Crippen LogP contribution is -2.23. The van der Waals surface area contributed by atoms with Crippen LogP contribution in [0.3, 0.4) is 0 Å². The van der Waals surface area contributed by atoms with Gasteiger partial charge in [-0.15, -0.1) is 0 Å². The van der Waals surface area contributed by atoms with Crippen molar-refractivity contribution < 1.29 is 9.84 Å². The molecule has 0 spiro atoms. The van der Waals surface area contributed by atoms with Crippen molar-refractivity contribution in [2.45, 2.75) is 6.10 Å². The van der Waals surface area contributed by atoms with Gasteiger partial charge in [0.1, 0.15) is 0 Å². The van der Waals surface area contributed by atoms with Crippen molar-refractivity contribution in [3.63, 3.8) is 0 Å². The minimum atomic E-state index is 0.218. The second-order valence-corrected chi connectivity index (χ2v) is 2.38. The molecule has 1 heterocycles. The highest BCUT2D eigenvalue weighted by Crippen LogP contribution is 2.09. The number of hydrogen-bond acceptors (Lipinski definition) is 3. The fourth-order valence-corrected chi connectivity index (χ4v) is 1.17. The van der Waals surface area contributed by atoms with Gasteiger partial charge in [-0.2, -0.15) is 0 Å². The number of methoxy groups -OCH3 is 1. The summed E-state index contributed by atoms with van der Waals surface area (Å²) in [6, 6.07) is 0. The second-order valence-electron chi connectivity index (χ2n) is 2.38. The molecule has 2 N–H and O–H groups in total. The zero-order valence-corrected chi connectivity index (χ0v) is 5.63. The Bertz CT molecular complexity index is 77.1. The van der Waals surface area contributed by atoms with Gasteiger partial charge < -0.3 is 15.2 Å². The van der Waals surface area contributed by atoms with Gasteiger partial charge in [0, 0.05) is 32.7 Å². The summed E-state index contributed by atoms with van der Waals surface area (Å²) in [7, 11) is 1.68. The minimum Gasteiger partial charge on any atom is -0.396 e. The summed E-state index contributed by atoms with van der Waals surface area (Å²) in [6.45, 7) is 1.99. The number of hydrogen-bond donors (Lipinski definition) is 2. The number of aliphatic hydroxyl groups excluding tert-OH is 1. The van der Waals surface area contributed by atoms with E-state index < -0.39 is 0 Å². The molecule has 0 aromatic heterocycles. The minimum absolute atomic E-state index is 0.218. The molecule has 0 bridgehead atoms. The smallest absolute Gasteiger partial charge is 0.0757 e. The van der Waals surface area contributed by atoms with Gasteiger partial charge in [0.25, 0.3) is 0 Å². The molecular weight excluding hydrogens is 118 g/mol. The topological polar surface area (TPSA) is 41.5 Å². The van der Waals surface area contributed by atoms with Gasteiger partial charge in [0.2, 0.25) is 0 Å². The van der Waals surface area contributed by atoms with Crippen molar-refractivity contribution in [2.24, 2.45) is 5.92 Å². The van der Waals surface area contributed by atoms with Crippen LogP contribution in [0.15, 0.2) is 0 Å². The first kappa shape index (κ1) is 6.99. The average molecular weight is 131 g/mol. The van der Waals surface area contributed by atoms with Crippen LogP contribution in [0.2, 0.25) is 0 Å². The quantitative estimate of drug-likeness (QED) is 0.516. The lowest BCUT2D eigenvalue weighted by Gasteiger charge is -2.12. The van der Waals surface area contributed by atoms with E-state index >= 15 is 0 Å². The predicted molar refractivity (Wildman–Crippen MR) is 34.2 cm³/mol. The van der Waals surface area contributed by atoms with Gasteiger partial charge in [0.15, 0.2) is 0 Å². The second kappa shape index (κ2) is 3.15. The van der Waals surface area contributed by atoms with Gasteiger partial charge >= 0.3 is 0 Å². The van der Waals surface area contributed by atoms with Crippen LogP contribution in [-0.4, -0.2) is 38.0 Å². The fourth-order valence-electron chi connectivity index (χ4n) is 1.17. The van der Waals surface area contributed by atoms with E-state index in [2.05, 4.69) is 5.32 Å². The summed E-state index contributed by atoms with van der Waals surface area (Å²) >= 11 is 0. The van der Waals surface area contributed by atoms with E-state index in [0.29, 0.717) is 5.92 Å². The Balaban J connectivity index is 2.32. The van der Waals surface area contributed by atoms with Crippen LogP contribution in [0, 0.1) is 5.92 Å². The molecule has 1 fully saturated rings. The molecule has 0 aliphatic carbocycles. The molecule has 1 rings (SSSR count). The molecule has 3 heteroatoms. The van der Waals surface area contributed by atoms with Gasteiger partial charge in [-0.1, -0.05) is 0 Å². The first-order valence-electron chi connectivity index (χ1n) is 3.23. The van der Waals surface area contributed by atoms with Crippen molar-refractivity contribution in [2.75, 3.05) is 26.8 Å². The third-order valence-corrected chi connectivity index (χ3v) is 1.82. The summed E-state index contributed by atoms with van der Waals surface area (Å²) in [6.07, 6.45) is 0.218. The average Bonchev–Trinajstić information content (AvgIpc) is 2.33. The predicted octanol–water partition coefficient (Wildman–Crippen LogP) is -0.787. The van der Waals surface area contributed by atoms with Crippen molar-refractivity contribution >= 4 is 0 Å². The zero-order chi connectivity index (χ0) is 6.69. The van der Waals surface area contributed by atoms with Crippen LogP contribution >= 0.6 is 0 Å². The first-order chi connectivity index (χ1) is 4.38. The zero-order valence-electron chi connectivity index (χ0n) is 5.63. The van der Waals surface area contributed by atoms with Crippen LogP contribution in [-0.2, 0) is 4.74 Å². The Morgan fingerprint density at radius 1 is 1.67 bits per heavy atom. The molecule has 9 heavy (non-hydrogen) atoms. The van der Waals surface area contributed by atoms with Crippen molar-refractivity contribution in [3.05, 3.63) is 0 Å². The number of nitrogens with one attached hydrogen (secondary N) is 1. The molecule has 0 aromatic carbocycles. The highest BCUT2D eigenvalue weighted by molar-refractivity contribution is 4.80. The Labute approximate surface area is 55.0 Å². The number of rotatable bonds is 2. The van der Waals surface area contributed by atoms with Crippen LogP contribution < -0.4 is 5.32 Å². The maximum atomic E-state index is 8.75. The normalized spacial score (nSPS) is 35.3. The number of aliphatic hydroxyl groups is 1. The van der Waals surface area contributed by atoms with E-state index in [1.165, 1.54) is 0 Å². The lowest BCUT2D eigenvalue weighted by atomic mass is 10.1. The van der Waals surface area contributed by atoms with Crippen molar-refractivity contribution in [1.82, 2.24) is 5.32 Å². The van der Waals surface area contributed by atoms with Crippen LogP contribution in [0.1, 0.15) is 0 Å². The molecule has 0 radical (unpaired) electrons. The van der Waals surface area contributed by atoms with Gasteiger partial charge in [0.05, 0.1) is 6.10 Å². The summed E-state index contributed by atoms with van der Waals surface area (Å²) < 4.78 is 5.09. The van der Waals surface area contributed by atoms with E-state index in [9.17, 15) is 0 Å². The number of ether oxygens (including phenoxy) is 1. The molecule has 0 unspecified atom stereocenters. The molecule has 1 aliphatic rings. The van der Waals surface area contributed by atoms with E-state index in [0.717, 1.165) is 13.1 Å². The van der Waals surface area contributed by atoms with Gasteiger partial charge in [-0.3, -0.25) is 0 Å². The molecular formula is C6H13NO2. The molecule has 1 aliphatic heterocycles. The highest BCUT2D eigenvalue weighted by atomic mass is 16.5. The first-order valence-corrected chi connectivity index (χ1v) is 3.23. The molecule has 0 amide bonds. The molecule has 0 saturated carbocycles. The third kappa shape index (κ3) is 1.41. The summed E-state index contributed by atoms with van der Waals surface area (Å²) in [5.74, 6) is 0.301. The molecule has 3 nitrogen and oxygen atoms in total. The maximum absolute atomic E-state index is 8.75. The molecule has 1 saturated heterocycles. The van der Waals surface area contributed by atoms with Crippen LogP contribution in [0.25, 0.3) is 0 Å². The Morgan fingerprint density at radius 2 is 2.44 bits per heavy atom.